The van der Waals surface area contributed by atoms with E-state index < -0.39 is 11.8 Å². The highest BCUT2D eigenvalue weighted by molar-refractivity contribution is 7.80. The van der Waals surface area contributed by atoms with Crippen molar-refractivity contribution in [2.45, 2.75) is 19.8 Å². The van der Waals surface area contributed by atoms with Crippen molar-refractivity contribution in [3.63, 3.8) is 0 Å². The maximum Gasteiger partial charge on any atom is 0.276 e. The van der Waals surface area contributed by atoms with Crippen LogP contribution in [0.4, 0.5) is 0 Å². The Morgan fingerprint density at radius 3 is 2.42 bits per heavy atom. The summed E-state index contributed by atoms with van der Waals surface area (Å²) < 4.78 is 10.6. The molecule has 0 saturated carbocycles. The number of ether oxygens (including phenoxy) is 2. The van der Waals surface area contributed by atoms with Crippen LogP contribution in [-0.2, 0) is 4.79 Å². The SMILES string of the molecule is COc1ccc2[nH]c(C(=O)NC(=S)NNC(=O)COc3ccc(C(C)C)cc3)cc2c1. The third-order valence-corrected chi connectivity index (χ3v) is 4.74. The first-order valence-corrected chi connectivity index (χ1v) is 10.1. The molecule has 0 saturated heterocycles. The molecule has 8 nitrogen and oxygen atoms in total. The van der Waals surface area contributed by atoms with Gasteiger partial charge in [0.1, 0.15) is 17.2 Å². The summed E-state index contributed by atoms with van der Waals surface area (Å²) in [6.45, 7) is 4.01. The Hall–Kier alpha value is -3.59. The molecular formula is C22H24N4O4S. The number of aromatic nitrogens is 1. The highest BCUT2D eigenvalue weighted by Crippen LogP contribution is 2.21. The van der Waals surface area contributed by atoms with Gasteiger partial charge in [0.05, 0.1) is 7.11 Å². The van der Waals surface area contributed by atoms with Gasteiger partial charge in [0.15, 0.2) is 11.7 Å². The van der Waals surface area contributed by atoms with Crippen molar-refractivity contribution in [2.75, 3.05) is 13.7 Å². The van der Waals surface area contributed by atoms with E-state index >= 15 is 0 Å². The van der Waals surface area contributed by atoms with Crippen LogP contribution in [0.5, 0.6) is 11.5 Å². The summed E-state index contributed by atoms with van der Waals surface area (Å²) in [5, 5.41) is 3.28. The number of fused-ring (bicyclic) bond motifs is 1. The molecule has 0 unspecified atom stereocenters. The topological polar surface area (TPSA) is 104 Å². The molecule has 0 aliphatic carbocycles. The average molecular weight is 441 g/mol. The number of aromatic amines is 1. The van der Waals surface area contributed by atoms with Crippen molar-refractivity contribution in [1.29, 1.82) is 0 Å². The number of thiocarbonyl (C=S) groups is 1. The second-order valence-corrected chi connectivity index (χ2v) is 7.51. The van der Waals surface area contributed by atoms with E-state index in [1.54, 1.807) is 19.2 Å². The van der Waals surface area contributed by atoms with E-state index in [-0.39, 0.29) is 11.7 Å². The summed E-state index contributed by atoms with van der Waals surface area (Å²) >= 11 is 5.05. The number of nitrogens with one attached hydrogen (secondary N) is 4. The van der Waals surface area contributed by atoms with Gasteiger partial charge < -0.3 is 14.5 Å². The predicted octanol–water partition coefficient (Wildman–Crippen LogP) is 3.01. The number of hydrogen-bond donors (Lipinski definition) is 4. The first-order valence-electron chi connectivity index (χ1n) is 9.65. The molecule has 4 N–H and O–H groups in total. The molecule has 9 heteroatoms. The Bertz CT molecular complexity index is 1090. The molecule has 0 radical (unpaired) electrons. The quantitative estimate of drug-likeness (QED) is 0.347. The predicted molar refractivity (Wildman–Crippen MR) is 122 cm³/mol. The molecule has 0 aliphatic rings. The van der Waals surface area contributed by atoms with E-state index in [9.17, 15) is 9.59 Å². The molecule has 0 spiro atoms. The minimum Gasteiger partial charge on any atom is -0.497 e. The van der Waals surface area contributed by atoms with Crippen LogP contribution in [-0.4, -0.2) is 35.6 Å². The summed E-state index contributed by atoms with van der Waals surface area (Å²) in [5.74, 6) is 0.818. The fourth-order valence-electron chi connectivity index (χ4n) is 2.82. The van der Waals surface area contributed by atoms with Crippen molar-refractivity contribution in [1.82, 2.24) is 21.2 Å². The molecule has 3 rings (SSSR count). The Morgan fingerprint density at radius 1 is 1.03 bits per heavy atom. The lowest BCUT2D eigenvalue weighted by Crippen LogP contribution is -2.49. The van der Waals surface area contributed by atoms with E-state index in [0.29, 0.717) is 23.1 Å². The highest BCUT2D eigenvalue weighted by Gasteiger charge is 2.12. The van der Waals surface area contributed by atoms with Crippen LogP contribution in [0.1, 0.15) is 35.8 Å². The molecule has 31 heavy (non-hydrogen) atoms. The molecule has 0 aliphatic heterocycles. The van der Waals surface area contributed by atoms with Gasteiger partial charge in [-0.25, -0.2) is 0 Å². The Labute approximate surface area is 185 Å². The number of benzene rings is 2. The highest BCUT2D eigenvalue weighted by atomic mass is 32.1. The minimum absolute atomic E-state index is 0.0455. The summed E-state index contributed by atoms with van der Waals surface area (Å²) in [4.78, 5) is 27.3. The van der Waals surface area contributed by atoms with Crippen LogP contribution in [0.3, 0.4) is 0 Å². The van der Waals surface area contributed by atoms with Crippen LogP contribution < -0.4 is 25.6 Å². The van der Waals surface area contributed by atoms with Crippen molar-refractivity contribution in [3.05, 3.63) is 59.8 Å². The monoisotopic (exact) mass is 440 g/mol. The average Bonchev–Trinajstić information content (AvgIpc) is 3.20. The van der Waals surface area contributed by atoms with Gasteiger partial charge in [-0.1, -0.05) is 26.0 Å². The molecule has 2 aromatic carbocycles. The van der Waals surface area contributed by atoms with Crippen molar-refractivity contribution >= 4 is 40.0 Å². The van der Waals surface area contributed by atoms with Crippen molar-refractivity contribution in [2.24, 2.45) is 0 Å². The second kappa shape index (κ2) is 9.94. The van der Waals surface area contributed by atoms with Gasteiger partial charge in [-0.2, -0.15) is 0 Å². The number of carbonyl (C=O) groups excluding carboxylic acids is 2. The third kappa shape index (κ3) is 5.95. The standard InChI is InChI=1S/C22H24N4O4S/c1-13(2)14-4-6-16(7-5-14)30-12-20(27)25-26-22(31)24-21(28)19-11-15-10-17(29-3)8-9-18(15)23-19/h4-11,13,23H,12H2,1-3H3,(H,25,27)(H2,24,26,28,31). The molecule has 0 fully saturated rings. The number of carbonyl (C=O) groups is 2. The number of methoxy groups -OCH3 is 1. The molecule has 1 heterocycles. The Balaban J connectivity index is 1.44. The molecule has 162 valence electrons. The van der Waals surface area contributed by atoms with Crippen molar-refractivity contribution < 1.29 is 19.1 Å². The lowest BCUT2D eigenvalue weighted by Gasteiger charge is -2.11. The van der Waals surface area contributed by atoms with Gasteiger partial charge in [0.25, 0.3) is 11.8 Å². The lowest BCUT2D eigenvalue weighted by atomic mass is 10.0. The van der Waals surface area contributed by atoms with E-state index in [1.807, 2.05) is 36.4 Å². The number of hydrazine groups is 1. The van der Waals surface area contributed by atoms with Gasteiger partial charge in [-0.15, -0.1) is 0 Å². The summed E-state index contributed by atoms with van der Waals surface area (Å²) in [6, 6.07) is 14.7. The van der Waals surface area contributed by atoms with E-state index in [2.05, 4.69) is 35.0 Å². The van der Waals surface area contributed by atoms with Gasteiger partial charge >= 0.3 is 0 Å². The van der Waals surface area contributed by atoms with Crippen LogP contribution in [0.2, 0.25) is 0 Å². The Kier molecular flexibility index (Phi) is 7.09. The Morgan fingerprint density at radius 2 is 1.74 bits per heavy atom. The largest absolute Gasteiger partial charge is 0.497 e. The van der Waals surface area contributed by atoms with Gasteiger partial charge in [0, 0.05) is 10.9 Å². The first kappa shape index (κ1) is 22.1. The molecule has 1 aromatic heterocycles. The lowest BCUT2D eigenvalue weighted by molar-refractivity contribution is -0.123. The fraction of sp³-hybridized carbons (Fsp3) is 0.227. The normalized spacial score (nSPS) is 10.6. The second-order valence-electron chi connectivity index (χ2n) is 7.11. The number of rotatable bonds is 6. The van der Waals surface area contributed by atoms with E-state index in [0.717, 1.165) is 10.9 Å². The van der Waals surface area contributed by atoms with Gasteiger partial charge in [0.2, 0.25) is 0 Å². The number of hydrogen-bond acceptors (Lipinski definition) is 5. The number of H-pyrrole nitrogens is 1. The number of amides is 2. The van der Waals surface area contributed by atoms with Crippen LogP contribution in [0.25, 0.3) is 10.9 Å². The third-order valence-electron chi connectivity index (χ3n) is 4.53. The van der Waals surface area contributed by atoms with Crippen molar-refractivity contribution in [3.8, 4) is 11.5 Å². The van der Waals surface area contributed by atoms with E-state index in [1.165, 1.54) is 5.56 Å². The first-order chi connectivity index (χ1) is 14.9. The summed E-state index contributed by atoms with van der Waals surface area (Å²) in [5.41, 5.74) is 7.17. The zero-order valence-electron chi connectivity index (χ0n) is 17.4. The molecule has 2 amide bonds. The maximum absolute atomic E-state index is 12.4. The molecule has 3 aromatic rings. The molecule has 0 atom stereocenters. The van der Waals surface area contributed by atoms with Crippen LogP contribution >= 0.6 is 12.2 Å². The summed E-state index contributed by atoms with van der Waals surface area (Å²) in [7, 11) is 1.58. The zero-order chi connectivity index (χ0) is 22.4. The minimum atomic E-state index is -0.442. The summed E-state index contributed by atoms with van der Waals surface area (Å²) in [6.07, 6.45) is 0. The molecular weight excluding hydrogens is 416 g/mol. The maximum atomic E-state index is 12.4. The van der Waals surface area contributed by atoms with Gasteiger partial charge in [-0.05, 0) is 60.1 Å². The van der Waals surface area contributed by atoms with E-state index in [4.69, 9.17) is 21.7 Å². The fourth-order valence-corrected chi connectivity index (χ4v) is 2.97. The van der Waals surface area contributed by atoms with Crippen LogP contribution in [0, 0.1) is 0 Å². The van der Waals surface area contributed by atoms with Crippen LogP contribution in [0.15, 0.2) is 48.5 Å². The zero-order valence-corrected chi connectivity index (χ0v) is 18.3. The van der Waals surface area contributed by atoms with Gasteiger partial charge in [-0.3, -0.25) is 25.8 Å². The smallest absolute Gasteiger partial charge is 0.276 e. The molecule has 0 bridgehead atoms.